The van der Waals surface area contributed by atoms with Crippen LogP contribution in [0.25, 0.3) is 0 Å². The number of aryl methyl sites for hydroxylation is 1. The van der Waals surface area contributed by atoms with E-state index in [1.165, 1.54) is 23.8 Å². The standard InChI is InChI=1S/C30H41NO3.ClH/c1-22-11-14-27-29(2,17-8-18-30(27,3)28(32)33-4)25(22)13-12-24-16-20-34-26(24)21-31-19-15-23-9-6-5-7-10-23;/h5-7,9-10,16,20,25,27,31H,1,8,11-15,17-19,21H2,2-4H3;1H/t25-,27?,29+,30-;/m0./s1. The predicted octanol–water partition coefficient (Wildman–Crippen LogP) is 6.92. The number of hydrogen-bond donors (Lipinski definition) is 1. The number of rotatable bonds is 9. The van der Waals surface area contributed by atoms with Gasteiger partial charge < -0.3 is 14.5 Å². The average molecular weight is 500 g/mol. The molecule has 0 saturated heterocycles. The Morgan fingerprint density at radius 2 is 1.94 bits per heavy atom. The molecule has 2 aromatic rings. The van der Waals surface area contributed by atoms with Gasteiger partial charge in [0.25, 0.3) is 0 Å². The van der Waals surface area contributed by atoms with Crippen molar-refractivity contribution in [1.29, 1.82) is 0 Å². The van der Waals surface area contributed by atoms with E-state index in [1.807, 2.05) is 6.26 Å². The maximum atomic E-state index is 12.8. The van der Waals surface area contributed by atoms with Gasteiger partial charge in [0.05, 0.1) is 25.3 Å². The molecule has 0 radical (unpaired) electrons. The van der Waals surface area contributed by atoms with E-state index in [9.17, 15) is 4.79 Å². The maximum Gasteiger partial charge on any atom is 0.311 e. The molecule has 4 nitrogen and oxygen atoms in total. The lowest BCUT2D eigenvalue weighted by atomic mass is 9.46. The van der Waals surface area contributed by atoms with Crippen molar-refractivity contribution >= 4 is 18.4 Å². The Morgan fingerprint density at radius 3 is 2.69 bits per heavy atom. The Kier molecular flexibility index (Phi) is 9.28. The summed E-state index contributed by atoms with van der Waals surface area (Å²) in [6.07, 6.45) is 10.1. The third-order valence-corrected chi connectivity index (χ3v) is 8.93. The minimum atomic E-state index is -0.385. The fraction of sp³-hybridized carbons (Fsp3) is 0.567. The third kappa shape index (κ3) is 5.70. The summed E-state index contributed by atoms with van der Waals surface area (Å²) in [5, 5.41) is 3.54. The van der Waals surface area contributed by atoms with E-state index >= 15 is 0 Å². The lowest BCUT2D eigenvalue weighted by Crippen LogP contribution is -2.53. The van der Waals surface area contributed by atoms with Crippen molar-refractivity contribution in [2.75, 3.05) is 13.7 Å². The number of methoxy groups -OCH3 is 1. The number of furan rings is 1. The van der Waals surface area contributed by atoms with E-state index in [1.54, 1.807) is 0 Å². The first-order chi connectivity index (χ1) is 16.4. The largest absolute Gasteiger partial charge is 0.469 e. The lowest BCUT2D eigenvalue weighted by Gasteiger charge is -2.57. The van der Waals surface area contributed by atoms with Crippen molar-refractivity contribution in [2.24, 2.45) is 22.7 Å². The number of carbonyl (C=O) groups is 1. The predicted molar refractivity (Wildman–Crippen MR) is 144 cm³/mol. The number of carbonyl (C=O) groups excluding carboxylic acids is 1. The summed E-state index contributed by atoms with van der Waals surface area (Å²) in [7, 11) is 1.53. The summed E-state index contributed by atoms with van der Waals surface area (Å²) in [4.78, 5) is 12.8. The van der Waals surface area contributed by atoms with E-state index in [-0.39, 0.29) is 29.2 Å². The summed E-state index contributed by atoms with van der Waals surface area (Å²) in [6.45, 7) is 10.7. The number of allylic oxidation sites excluding steroid dienone is 1. The number of fused-ring (bicyclic) bond motifs is 1. The maximum absolute atomic E-state index is 12.8. The summed E-state index contributed by atoms with van der Waals surface area (Å²) in [5.41, 5.74) is 3.70. The molecule has 4 atom stereocenters. The second-order valence-corrected chi connectivity index (χ2v) is 10.9. The molecule has 2 fully saturated rings. The highest BCUT2D eigenvalue weighted by molar-refractivity contribution is 5.85. The Labute approximate surface area is 217 Å². The Morgan fingerprint density at radius 1 is 1.17 bits per heavy atom. The average Bonchev–Trinajstić information content (AvgIpc) is 3.28. The van der Waals surface area contributed by atoms with Crippen LogP contribution in [0.5, 0.6) is 0 Å². The molecule has 1 unspecified atom stereocenters. The minimum absolute atomic E-state index is 0. The van der Waals surface area contributed by atoms with Crippen LogP contribution in [-0.2, 0) is 28.9 Å². The smallest absolute Gasteiger partial charge is 0.311 e. The van der Waals surface area contributed by atoms with Crippen molar-refractivity contribution in [1.82, 2.24) is 5.32 Å². The molecule has 2 aliphatic carbocycles. The third-order valence-electron chi connectivity index (χ3n) is 8.93. The molecule has 5 heteroatoms. The Balaban J connectivity index is 0.00000342. The Hall–Kier alpha value is -2.04. The molecule has 0 bridgehead atoms. The molecule has 0 amide bonds. The zero-order valence-corrected chi connectivity index (χ0v) is 22.4. The van der Waals surface area contributed by atoms with Crippen LogP contribution in [-0.4, -0.2) is 19.6 Å². The van der Waals surface area contributed by atoms with Crippen molar-refractivity contribution in [3.63, 3.8) is 0 Å². The fourth-order valence-electron chi connectivity index (χ4n) is 7.08. The number of esters is 1. The molecule has 4 rings (SSSR count). The zero-order valence-electron chi connectivity index (χ0n) is 21.6. The fourth-order valence-corrected chi connectivity index (χ4v) is 7.08. The van der Waals surface area contributed by atoms with Gasteiger partial charge in [-0.2, -0.15) is 0 Å². The number of ether oxygens (including phenoxy) is 1. The number of hydrogen-bond acceptors (Lipinski definition) is 4. The van der Waals surface area contributed by atoms with Gasteiger partial charge in [-0.05, 0) is 92.9 Å². The second-order valence-electron chi connectivity index (χ2n) is 10.9. The van der Waals surface area contributed by atoms with Crippen LogP contribution < -0.4 is 5.32 Å². The van der Waals surface area contributed by atoms with E-state index < -0.39 is 0 Å². The molecule has 1 aromatic carbocycles. The molecule has 1 N–H and O–H groups in total. The molecule has 1 aromatic heterocycles. The number of nitrogens with one attached hydrogen (secondary N) is 1. The van der Waals surface area contributed by atoms with Gasteiger partial charge in [-0.3, -0.25) is 4.79 Å². The van der Waals surface area contributed by atoms with Gasteiger partial charge in [0.15, 0.2) is 0 Å². The summed E-state index contributed by atoms with van der Waals surface area (Å²) in [5.74, 6) is 1.78. The van der Waals surface area contributed by atoms with Crippen LogP contribution in [0.1, 0.15) is 69.3 Å². The van der Waals surface area contributed by atoms with Crippen molar-refractivity contribution in [3.8, 4) is 0 Å². The van der Waals surface area contributed by atoms with Crippen LogP contribution in [0, 0.1) is 22.7 Å². The quantitative estimate of drug-likeness (QED) is 0.231. The molecule has 0 aliphatic heterocycles. The van der Waals surface area contributed by atoms with Crippen molar-refractivity contribution in [2.45, 2.75) is 71.8 Å². The van der Waals surface area contributed by atoms with Gasteiger partial charge in [-0.15, -0.1) is 12.4 Å². The molecule has 192 valence electrons. The molecule has 2 aliphatic rings. The van der Waals surface area contributed by atoms with Crippen LogP contribution in [0.3, 0.4) is 0 Å². The van der Waals surface area contributed by atoms with Crippen LogP contribution in [0.4, 0.5) is 0 Å². The lowest BCUT2D eigenvalue weighted by molar-refractivity contribution is -0.168. The number of halogens is 1. The van der Waals surface area contributed by atoms with Crippen LogP contribution in [0.15, 0.2) is 59.2 Å². The number of benzene rings is 1. The molecule has 0 spiro atoms. The molecular weight excluding hydrogens is 458 g/mol. The van der Waals surface area contributed by atoms with Gasteiger partial charge in [-0.1, -0.05) is 55.8 Å². The highest BCUT2D eigenvalue weighted by Crippen LogP contribution is 2.62. The molecule has 2 saturated carbocycles. The zero-order chi connectivity index (χ0) is 24.2. The van der Waals surface area contributed by atoms with Crippen LogP contribution in [0.2, 0.25) is 0 Å². The highest BCUT2D eigenvalue weighted by Gasteiger charge is 2.57. The van der Waals surface area contributed by atoms with Gasteiger partial charge in [0, 0.05) is 0 Å². The summed E-state index contributed by atoms with van der Waals surface area (Å²) >= 11 is 0. The van der Waals surface area contributed by atoms with E-state index in [0.717, 1.165) is 70.2 Å². The van der Waals surface area contributed by atoms with Crippen molar-refractivity contribution in [3.05, 3.63) is 71.7 Å². The summed E-state index contributed by atoms with van der Waals surface area (Å²) in [6, 6.07) is 12.7. The van der Waals surface area contributed by atoms with Gasteiger partial charge in [-0.25, -0.2) is 0 Å². The normalized spacial score (nSPS) is 28.1. The highest BCUT2D eigenvalue weighted by atomic mass is 35.5. The monoisotopic (exact) mass is 499 g/mol. The van der Waals surface area contributed by atoms with Crippen LogP contribution >= 0.6 is 12.4 Å². The van der Waals surface area contributed by atoms with Gasteiger partial charge >= 0.3 is 5.97 Å². The first kappa shape index (κ1) is 27.5. The molecule has 35 heavy (non-hydrogen) atoms. The first-order valence-electron chi connectivity index (χ1n) is 12.9. The van der Waals surface area contributed by atoms with E-state index in [4.69, 9.17) is 9.15 Å². The first-order valence-corrected chi connectivity index (χ1v) is 12.9. The SMILES string of the molecule is C=C1CCC2[C@](C)(CCC[C@]2(C)C(=O)OC)[C@H]1CCc1ccoc1CNCCc1ccccc1.Cl. The second kappa shape index (κ2) is 11.8. The van der Waals surface area contributed by atoms with Gasteiger partial charge in [0.1, 0.15) is 5.76 Å². The van der Waals surface area contributed by atoms with E-state index in [0.29, 0.717) is 11.8 Å². The topological polar surface area (TPSA) is 51.5 Å². The van der Waals surface area contributed by atoms with E-state index in [2.05, 4.69) is 62.1 Å². The van der Waals surface area contributed by atoms with Crippen molar-refractivity contribution < 1.29 is 13.9 Å². The van der Waals surface area contributed by atoms with Gasteiger partial charge in [0.2, 0.25) is 0 Å². The minimum Gasteiger partial charge on any atom is -0.469 e. The molecular formula is C30H42ClNO3. The molecule has 1 heterocycles. The summed E-state index contributed by atoms with van der Waals surface area (Å²) < 4.78 is 11.1. The Bertz CT molecular complexity index is 986.